The molecule has 1 atom stereocenters. The Balaban J connectivity index is 2.39. The van der Waals surface area contributed by atoms with Crippen molar-refractivity contribution >= 4 is 11.8 Å². The van der Waals surface area contributed by atoms with Crippen molar-refractivity contribution in [3.05, 3.63) is 0 Å². The Bertz CT molecular complexity index is 412. The van der Waals surface area contributed by atoms with Gasteiger partial charge in [-0.1, -0.05) is 26.7 Å². The van der Waals surface area contributed by atoms with Crippen molar-refractivity contribution in [2.45, 2.75) is 76.5 Å². The fourth-order valence-corrected chi connectivity index (χ4v) is 3.74. The standard InChI is InChI=1S/C16H28N2O3/c1-5-15(6-2)14(20)18(11-12(3)21-4)16(13(19)17-15)9-7-8-10-16/h12H,5-11H2,1-4H3,(H,17,19). The van der Waals surface area contributed by atoms with Gasteiger partial charge in [0.15, 0.2) is 0 Å². The van der Waals surface area contributed by atoms with Crippen molar-refractivity contribution < 1.29 is 14.3 Å². The summed E-state index contributed by atoms with van der Waals surface area (Å²) in [7, 11) is 1.65. The number of hydrogen-bond donors (Lipinski definition) is 1. The number of piperazine rings is 1. The fourth-order valence-electron chi connectivity index (χ4n) is 3.74. The minimum absolute atomic E-state index is 0.0339. The maximum atomic E-state index is 13.1. The first-order valence-corrected chi connectivity index (χ1v) is 8.13. The first kappa shape index (κ1) is 16.3. The van der Waals surface area contributed by atoms with Crippen molar-refractivity contribution in [1.82, 2.24) is 10.2 Å². The SMILES string of the molecule is CCC1(CC)NC(=O)C2(CCCC2)N(CC(C)OC)C1=O. The lowest BCUT2D eigenvalue weighted by molar-refractivity contribution is -0.165. The highest BCUT2D eigenvalue weighted by atomic mass is 16.5. The highest BCUT2D eigenvalue weighted by Crippen LogP contribution is 2.41. The van der Waals surface area contributed by atoms with Gasteiger partial charge in [0.25, 0.3) is 0 Å². The molecule has 1 saturated carbocycles. The quantitative estimate of drug-likeness (QED) is 0.842. The van der Waals surface area contributed by atoms with Gasteiger partial charge in [0, 0.05) is 13.7 Å². The number of carbonyl (C=O) groups excluding carboxylic acids is 2. The first-order valence-electron chi connectivity index (χ1n) is 8.13. The molecule has 1 unspecified atom stereocenters. The predicted molar refractivity (Wildman–Crippen MR) is 80.8 cm³/mol. The number of hydrogen-bond acceptors (Lipinski definition) is 3. The maximum absolute atomic E-state index is 13.1. The molecule has 2 fully saturated rings. The molecule has 0 aromatic heterocycles. The Kier molecular flexibility index (Phi) is 4.61. The largest absolute Gasteiger partial charge is 0.380 e. The molecule has 1 aliphatic carbocycles. The van der Waals surface area contributed by atoms with Gasteiger partial charge in [-0.2, -0.15) is 0 Å². The Morgan fingerprint density at radius 1 is 1.24 bits per heavy atom. The lowest BCUT2D eigenvalue weighted by atomic mass is 9.81. The van der Waals surface area contributed by atoms with E-state index in [2.05, 4.69) is 5.32 Å². The topological polar surface area (TPSA) is 58.6 Å². The minimum atomic E-state index is -0.738. The van der Waals surface area contributed by atoms with Gasteiger partial charge in [0.1, 0.15) is 11.1 Å². The second-order valence-corrected chi connectivity index (χ2v) is 6.44. The molecule has 0 radical (unpaired) electrons. The van der Waals surface area contributed by atoms with Crippen LogP contribution in [0.5, 0.6) is 0 Å². The zero-order valence-electron chi connectivity index (χ0n) is 13.7. The Labute approximate surface area is 127 Å². The van der Waals surface area contributed by atoms with Crippen LogP contribution in [-0.4, -0.2) is 47.6 Å². The zero-order chi connectivity index (χ0) is 15.7. The number of amides is 2. The minimum Gasteiger partial charge on any atom is -0.380 e. The van der Waals surface area contributed by atoms with Crippen molar-refractivity contribution in [2.75, 3.05) is 13.7 Å². The monoisotopic (exact) mass is 296 g/mol. The molecule has 1 heterocycles. The number of nitrogens with zero attached hydrogens (tertiary/aromatic N) is 1. The van der Waals surface area contributed by atoms with Crippen molar-refractivity contribution in [1.29, 1.82) is 0 Å². The molecule has 0 aromatic carbocycles. The van der Waals surface area contributed by atoms with Crippen LogP contribution in [0.15, 0.2) is 0 Å². The number of ether oxygens (including phenoxy) is 1. The van der Waals surface area contributed by atoms with Crippen LogP contribution in [0.4, 0.5) is 0 Å². The number of rotatable bonds is 5. The van der Waals surface area contributed by atoms with E-state index in [4.69, 9.17) is 4.74 Å². The van der Waals surface area contributed by atoms with Gasteiger partial charge in [-0.05, 0) is 32.6 Å². The van der Waals surface area contributed by atoms with Crippen LogP contribution in [-0.2, 0) is 14.3 Å². The maximum Gasteiger partial charge on any atom is 0.249 e. The summed E-state index contributed by atoms with van der Waals surface area (Å²) in [6.45, 7) is 6.37. The van der Waals surface area contributed by atoms with Gasteiger partial charge in [0.2, 0.25) is 11.8 Å². The summed E-state index contributed by atoms with van der Waals surface area (Å²) in [5.74, 6) is 0.101. The average Bonchev–Trinajstić information content (AvgIpc) is 2.98. The van der Waals surface area contributed by atoms with E-state index in [0.29, 0.717) is 19.4 Å². The van der Waals surface area contributed by atoms with Gasteiger partial charge in [-0.25, -0.2) is 0 Å². The summed E-state index contributed by atoms with van der Waals surface area (Å²) in [6.07, 6.45) is 4.73. The third-order valence-corrected chi connectivity index (χ3v) is 5.43. The zero-order valence-corrected chi connectivity index (χ0v) is 13.7. The molecule has 1 spiro atoms. The van der Waals surface area contributed by atoms with Crippen LogP contribution in [0, 0.1) is 0 Å². The molecule has 2 rings (SSSR count). The molecule has 21 heavy (non-hydrogen) atoms. The molecule has 1 saturated heterocycles. The summed E-state index contributed by atoms with van der Waals surface area (Å²) in [4.78, 5) is 27.8. The van der Waals surface area contributed by atoms with E-state index in [0.717, 1.165) is 25.7 Å². The molecule has 0 aromatic rings. The molecular weight excluding hydrogens is 268 g/mol. The van der Waals surface area contributed by atoms with E-state index in [-0.39, 0.29) is 17.9 Å². The van der Waals surface area contributed by atoms with E-state index in [1.807, 2.05) is 25.7 Å². The van der Waals surface area contributed by atoms with E-state index in [9.17, 15) is 9.59 Å². The van der Waals surface area contributed by atoms with E-state index in [1.54, 1.807) is 7.11 Å². The molecule has 120 valence electrons. The first-order chi connectivity index (χ1) is 9.95. The Hall–Kier alpha value is -1.10. The number of nitrogens with one attached hydrogen (secondary N) is 1. The molecule has 5 nitrogen and oxygen atoms in total. The van der Waals surface area contributed by atoms with Crippen LogP contribution < -0.4 is 5.32 Å². The molecule has 2 aliphatic rings. The lowest BCUT2D eigenvalue weighted by Gasteiger charge is -2.51. The molecule has 1 aliphatic heterocycles. The second kappa shape index (κ2) is 5.95. The van der Waals surface area contributed by atoms with Gasteiger partial charge >= 0.3 is 0 Å². The molecule has 0 bridgehead atoms. The van der Waals surface area contributed by atoms with Crippen molar-refractivity contribution in [3.8, 4) is 0 Å². The van der Waals surface area contributed by atoms with Crippen molar-refractivity contribution in [3.63, 3.8) is 0 Å². The van der Waals surface area contributed by atoms with Crippen LogP contribution in [0.25, 0.3) is 0 Å². The highest BCUT2D eigenvalue weighted by Gasteiger charge is 2.58. The van der Waals surface area contributed by atoms with Gasteiger partial charge < -0.3 is 15.0 Å². The van der Waals surface area contributed by atoms with Gasteiger partial charge in [-0.15, -0.1) is 0 Å². The third-order valence-electron chi connectivity index (χ3n) is 5.43. The van der Waals surface area contributed by atoms with E-state index < -0.39 is 11.1 Å². The number of methoxy groups -OCH3 is 1. The van der Waals surface area contributed by atoms with Crippen LogP contribution in [0.1, 0.15) is 59.3 Å². The summed E-state index contributed by atoms with van der Waals surface area (Å²) in [5, 5.41) is 3.06. The summed E-state index contributed by atoms with van der Waals surface area (Å²) >= 11 is 0. The number of carbonyl (C=O) groups is 2. The molecule has 5 heteroatoms. The molecule has 2 amide bonds. The normalized spacial score (nSPS) is 25.2. The molecular formula is C16H28N2O3. The van der Waals surface area contributed by atoms with Crippen molar-refractivity contribution in [2.24, 2.45) is 0 Å². The molecule has 1 N–H and O–H groups in total. The van der Waals surface area contributed by atoms with Gasteiger partial charge in [0.05, 0.1) is 6.10 Å². The Morgan fingerprint density at radius 2 is 1.81 bits per heavy atom. The summed E-state index contributed by atoms with van der Waals surface area (Å²) < 4.78 is 5.35. The predicted octanol–water partition coefficient (Wildman–Crippen LogP) is 1.85. The highest BCUT2D eigenvalue weighted by molar-refractivity contribution is 6.02. The van der Waals surface area contributed by atoms with E-state index >= 15 is 0 Å². The lowest BCUT2D eigenvalue weighted by Crippen LogP contribution is -2.75. The average molecular weight is 296 g/mol. The van der Waals surface area contributed by atoms with E-state index in [1.165, 1.54) is 0 Å². The second-order valence-electron chi connectivity index (χ2n) is 6.44. The van der Waals surface area contributed by atoms with Crippen LogP contribution in [0.2, 0.25) is 0 Å². The Morgan fingerprint density at radius 3 is 2.29 bits per heavy atom. The summed E-state index contributed by atoms with van der Waals surface area (Å²) in [6, 6.07) is 0. The third kappa shape index (κ3) is 2.45. The smallest absolute Gasteiger partial charge is 0.249 e. The van der Waals surface area contributed by atoms with Gasteiger partial charge in [-0.3, -0.25) is 9.59 Å². The fraction of sp³-hybridized carbons (Fsp3) is 0.875. The van der Waals surface area contributed by atoms with Crippen LogP contribution >= 0.6 is 0 Å². The summed E-state index contributed by atoms with van der Waals surface area (Å²) in [5.41, 5.74) is -1.38. The van der Waals surface area contributed by atoms with Crippen LogP contribution in [0.3, 0.4) is 0 Å².